The van der Waals surface area contributed by atoms with Gasteiger partial charge in [0.1, 0.15) is 6.04 Å². The molecular formula is C7H11N2O2. The highest BCUT2D eigenvalue weighted by molar-refractivity contribution is 5.85. The van der Waals surface area contributed by atoms with Gasteiger partial charge in [-0.25, -0.2) is 0 Å². The number of amides is 2. The molecule has 1 aliphatic rings. The van der Waals surface area contributed by atoms with Gasteiger partial charge in [-0.05, 0) is 12.8 Å². The van der Waals surface area contributed by atoms with Crippen molar-refractivity contribution < 1.29 is 9.59 Å². The van der Waals surface area contributed by atoms with Gasteiger partial charge < -0.3 is 4.90 Å². The van der Waals surface area contributed by atoms with Crippen molar-refractivity contribution in [2.75, 3.05) is 6.54 Å². The van der Waals surface area contributed by atoms with Gasteiger partial charge in [-0.2, -0.15) is 0 Å². The molecule has 1 fully saturated rings. The zero-order valence-corrected chi connectivity index (χ0v) is 6.46. The Hall–Kier alpha value is -1.06. The highest BCUT2D eigenvalue weighted by atomic mass is 16.2. The zero-order valence-electron chi connectivity index (χ0n) is 6.46. The minimum absolute atomic E-state index is 0.104. The van der Waals surface area contributed by atoms with Crippen molar-refractivity contribution in [3.8, 4) is 0 Å². The van der Waals surface area contributed by atoms with Gasteiger partial charge >= 0.3 is 0 Å². The molecule has 4 heteroatoms. The number of carbonyl (C=O) groups is 2. The largest absolute Gasteiger partial charge is 0.331 e. The minimum atomic E-state index is -0.641. The fourth-order valence-electron chi connectivity index (χ4n) is 1.42. The van der Waals surface area contributed by atoms with E-state index in [2.05, 4.69) is 0 Å². The monoisotopic (exact) mass is 155 g/mol. The molecule has 0 aromatic rings. The molecule has 0 bridgehead atoms. The van der Waals surface area contributed by atoms with Crippen molar-refractivity contribution in [3.63, 3.8) is 0 Å². The molecule has 1 aliphatic heterocycles. The number of carbonyl (C=O) groups excluding carboxylic acids is 2. The van der Waals surface area contributed by atoms with Gasteiger partial charge in [0.15, 0.2) is 0 Å². The van der Waals surface area contributed by atoms with Crippen LogP contribution in [0.1, 0.15) is 19.8 Å². The van der Waals surface area contributed by atoms with Crippen LogP contribution in [-0.2, 0) is 9.59 Å². The third-order valence-electron chi connectivity index (χ3n) is 1.96. The van der Waals surface area contributed by atoms with Gasteiger partial charge in [-0.3, -0.25) is 15.3 Å². The topological polar surface area (TPSA) is 61.2 Å². The van der Waals surface area contributed by atoms with Gasteiger partial charge in [-0.15, -0.1) is 0 Å². The summed E-state index contributed by atoms with van der Waals surface area (Å²) in [7, 11) is 0. The lowest BCUT2D eigenvalue weighted by atomic mass is 10.2. The number of rotatable bonds is 1. The van der Waals surface area contributed by atoms with Crippen molar-refractivity contribution in [3.05, 3.63) is 0 Å². The minimum Gasteiger partial charge on any atom is -0.331 e. The molecule has 1 heterocycles. The molecule has 1 saturated heterocycles. The van der Waals surface area contributed by atoms with E-state index >= 15 is 0 Å². The summed E-state index contributed by atoms with van der Waals surface area (Å²) in [6, 6.07) is -0.465. The molecular weight excluding hydrogens is 144 g/mol. The van der Waals surface area contributed by atoms with Gasteiger partial charge in [0, 0.05) is 13.5 Å². The quantitative estimate of drug-likeness (QED) is 0.526. The Bertz CT molecular complexity index is 171. The third-order valence-corrected chi connectivity index (χ3v) is 1.96. The van der Waals surface area contributed by atoms with E-state index in [1.54, 1.807) is 0 Å². The molecule has 1 N–H and O–H groups in total. The lowest BCUT2D eigenvalue weighted by Crippen LogP contribution is -2.39. The first-order valence-corrected chi connectivity index (χ1v) is 3.65. The average Bonchev–Trinajstić information content (AvgIpc) is 2.32. The highest BCUT2D eigenvalue weighted by Crippen LogP contribution is 2.16. The van der Waals surface area contributed by atoms with Crippen molar-refractivity contribution >= 4 is 11.8 Å². The predicted octanol–water partition coefficient (Wildman–Crippen LogP) is -0.193. The van der Waals surface area contributed by atoms with Crippen molar-refractivity contribution in [2.24, 2.45) is 0 Å². The number of hydrogen-bond acceptors (Lipinski definition) is 2. The molecule has 0 aliphatic carbocycles. The molecule has 0 spiro atoms. The van der Waals surface area contributed by atoms with E-state index in [9.17, 15) is 9.59 Å². The van der Waals surface area contributed by atoms with Crippen LogP contribution in [0, 0.1) is 0 Å². The number of nitrogens with zero attached hydrogens (tertiary/aromatic N) is 1. The van der Waals surface area contributed by atoms with Crippen molar-refractivity contribution in [1.82, 2.24) is 10.6 Å². The van der Waals surface area contributed by atoms with E-state index in [0.29, 0.717) is 13.0 Å². The smallest absolute Gasteiger partial charge is 0.261 e. The molecule has 1 rings (SSSR count). The number of nitrogens with one attached hydrogen (secondary N) is 1. The fourth-order valence-corrected chi connectivity index (χ4v) is 1.42. The second kappa shape index (κ2) is 2.90. The molecule has 0 unspecified atom stereocenters. The van der Waals surface area contributed by atoms with Crippen LogP contribution in [0.3, 0.4) is 0 Å². The van der Waals surface area contributed by atoms with E-state index < -0.39 is 11.9 Å². The number of likely N-dealkylation sites (tertiary alicyclic amines) is 1. The standard InChI is InChI=1S/C7H11N2O2/c1-5(10)9-4-2-3-6(9)7(8)11/h6,8H,2-4H2,1H3/t6-/m0/s1. The SMILES string of the molecule is CC(=O)N1CCC[C@H]1C([NH])=O. The average molecular weight is 155 g/mol. The first-order valence-electron chi connectivity index (χ1n) is 3.65. The van der Waals surface area contributed by atoms with Gasteiger partial charge in [-0.1, -0.05) is 0 Å². The highest BCUT2D eigenvalue weighted by Gasteiger charge is 2.30. The van der Waals surface area contributed by atoms with E-state index in [0.717, 1.165) is 6.42 Å². The molecule has 0 saturated carbocycles. The van der Waals surface area contributed by atoms with Gasteiger partial charge in [0.2, 0.25) is 5.91 Å². The zero-order chi connectivity index (χ0) is 8.43. The first kappa shape index (κ1) is 8.04. The van der Waals surface area contributed by atoms with Crippen molar-refractivity contribution in [1.29, 1.82) is 0 Å². The summed E-state index contributed by atoms with van der Waals surface area (Å²) in [5, 5.41) is 0. The maximum Gasteiger partial charge on any atom is 0.261 e. The van der Waals surface area contributed by atoms with Crippen LogP contribution in [-0.4, -0.2) is 29.3 Å². The van der Waals surface area contributed by atoms with Crippen LogP contribution in [0.15, 0.2) is 0 Å². The first-order chi connectivity index (χ1) is 5.13. The molecule has 0 aromatic carbocycles. The van der Waals surface area contributed by atoms with Crippen LogP contribution < -0.4 is 5.73 Å². The molecule has 0 aromatic heterocycles. The Morgan fingerprint density at radius 3 is 2.55 bits per heavy atom. The molecule has 4 nitrogen and oxygen atoms in total. The molecule has 1 radical (unpaired) electrons. The normalized spacial score (nSPS) is 23.7. The summed E-state index contributed by atoms with van der Waals surface area (Å²) < 4.78 is 0. The molecule has 61 valence electrons. The third kappa shape index (κ3) is 1.50. The summed E-state index contributed by atoms with van der Waals surface area (Å²) in [6.07, 6.45) is 1.50. The molecule has 11 heavy (non-hydrogen) atoms. The number of hydrogen-bond donors (Lipinski definition) is 0. The van der Waals surface area contributed by atoms with Crippen molar-refractivity contribution in [2.45, 2.75) is 25.8 Å². The van der Waals surface area contributed by atoms with E-state index in [-0.39, 0.29) is 5.91 Å². The van der Waals surface area contributed by atoms with E-state index in [1.165, 1.54) is 11.8 Å². The fraction of sp³-hybridized carbons (Fsp3) is 0.714. The van der Waals surface area contributed by atoms with Gasteiger partial charge in [0.05, 0.1) is 0 Å². The summed E-state index contributed by atoms with van der Waals surface area (Å²) in [6.45, 7) is 2.06. The van der Waals surface area contributed by atoms with Crippen LogP contribution >= 0.6 is 0 Å². The van der Waals surface area contributed by atoms with Crippen LogP contribution in [0.25, 0.3) is 0 Å². The predicted molar refractivity (Wildman–Crippen MR) is 38.5 cm³/mol. The van der Waals surface area contributed by atoms with Crippen LogP contribution in [0.4, 0.5) is 0 Å². The van der Waals surface area contributed by atoms with Crippen LogP contribution in [0.5, 0.6) is 0 Å². The Morgan fingerprint density at radius 1 is 1.55 bits per heavy atom. The Balaban J connectivity index is 2.65. The maximum atomic E-state index is 10.9. The Kier molecular flexibility index (Phi) is 2.12. The second-order valence-electron chi connectivity index (χ2n) is 2.73. The lowest BCUT2D eigenvalue weighted by molar-refractivity contribution is -0.135. The summed E-state index contributed by atoms with van der Waals surface area (Å²) in [4.78, 5) is 23.0. The molecule has 2 amide bonds. The lowest BCUT2D eigenvalue weighted by Gasteiger charge is -2.19. The Morgan fingerprint density at radius 2 is 2.18 bits per heavy atom. The molecule has 1 atom stereocenters. The maximum absolute atomic E-state index is 10.9. The summed E-state index contributed by atoms with van der Waals surface area (Å²) >= 11 is 0. The summed E-state index contributed by atoms with van der Waals surface area (Å²) in [5.41, 5.74) is 6.87. The Labute approximate surface area is 65.3 Å². The second-order valence-corrected chi connectivity index (χ2v) is 2.73. The van der Waals surface area contributed by atoms with E-state index in [1.807, 2.05) is 0 Å². The summed E-state index contributed by atoms with van der Waals surface area (Å²) in [5.74, 6) is -0.745. The van der Waals surface area contributed by atoms with E-state index in [4.69, 9.17) is 5.73 Å². The van der Waals surface area contributed by atoms with Crippen LogP contribution in [0.2, 0.25) is 0 Å². The van der Waals surface area contributed by atoms with Gasteiger partial charge in [0.25, 0.3) is 5.91 Å².